The molecule has 2 atom stereocenters. The minimum atomic E-state index is -0.885. The summed E-state index contributed by atoms with van der Waals surface area (Å²) in [4.78, 5) is 14.9. The van der Waals surface area contributed by atoms with Crippen molar-refractivity contribution in [2.75, 3.05) is 0 Å². The Morgan fingerprint density at radius 1 is 1.89 bits per heavy atom. The zero-order valence-corrected chi connectivity index (χ0v) is 4.94. The second kappa shape index (κ2) is 2.05. The van der Waals surface area contributed by atoms with E-state index in [0.29, 0.717) is 0 Å². The molecule has 4 nitrogen and oxygen atoms in total. The highest BCUT2D eigenvalue weighted by Crippen LogP contribution is 2.11. The van der Waals surface area contributed by atoms with Crippen LogP contribution in [0.5, 0.6) is 0 Å². The summed E-state index contributed by atoms with van der Waals surface area (Å²) in [5.41, 5.74) is 0. The zero-order valence-electron chi connectivity index (χ0n) is 4.94. The lowest BCUT2D eigenvalue weighted by atomic mass is 10.1. The van der Waals surface area contributed by atoms with E-state index in [4.69, 9.17) is 5.11 Å². The minimum absolute atomic E-state index is 0.317. The van der Waals surface area contributed by atoms with Crippen LogP contribution in [0, 0.1) is 5.92 Å². The minimum Gasteiger partial charge on any atom is -0.481 e. The predicted molar refractivity (Wildman–Crippen MR) is 30.2 cm³/mol. The molecular formula is C5H7NO3. The van der Waals surface area contributed by atoms with Crippen LogP contribution >= 0.6 is 0 Å². The van der Waals surface area contributed by atoms with Gasteiger partial charge in [-0.1, -0.05) is 5.16 Å². The fraction of sp³-hybridized carbons (Fsp3) is 0.600. The van der Waals surface area contributed by atoms with Crippen molar-refractivity contribution in [2.45, 2.75) is 13.0 Å². The van der Waals surface area contributed by atoms with Gasteiger partial charge in [0.15, 0.2) is 0 Å². The summed E-state index contributed by atoms with van der Waals surface area (Å²) in [5, 5.41) is 11.8. The van der Waals surface area contributed by atoms with E-state index >= 15 is 0 Å². The van der Waals surface area contributed by atoms with Crippen LogP contribution in [0.3, 0.4) is 0 Å². The van der Waals surface area contributed by atoms with Gasteiger partial charge in [0.25, 0.3) is 0 Å². The molecule has 0 aliphatic carbocycles. The molecule has 0 saturated carbocycles. The number of rotatable bonds is 1. The summed E-state index contributed by atoms with van der Waals surface area (Å²) >= 11 is 0. The smallest absolute Gasteiger partial charge is 0.315 e. The summed E-state index contributed by atoms with van der Waals surface area (Å²) in [5.74, 6) is -1.45. The first-order valence-corrected chi connectivity index (χ1v) is 2.64. The first-order chi connectivity index (χ1) is 4.22. The van der Waals surface area contributed by atoms with Crippen LogP contribution in [0.2, 0.25) is 0 Å². The van der Waals surface area contributed by atoms with Gasteiger partial charge in [0.2, 0.25) is 0 Å². The van der Waals surface area contributed by atoms with Gasteiger partial charge in [-0.3, -0.25) is 4.79 Å². The number of hydrogen-bond donors (Lipinski definition) is 1. The molecule has 1 rings (SSSR count). The third-order valence-corrected chi connectivity index (χ3v) is 1.24. The molecular weight excluding hydrogens is 122 g/mol. The van der Waals surface area contributed by atoms with Crippen molar-refractivity contribution in [3.8, 4) is 0 Å². The van der Waals surface area contributed by atoms with E-state index < -0.39 is 11.9 Å². The van der Waals surface area contributed by atoms with Crippen LogP contribution in [0.4, 0.5) is 0 Å². The third kappa shape index (κ3) is 1.01. The summed E-state index contributed by atoms with van der Waals surface area (Å²) in [6.45, 7) is 1.67. The molecule has 4 heteroatoms. The first-order valence-electron chi connectivity index (χ1n) is 2.64. The van der Waals surface area contributed by atoms with E-state index in [-0.39, 0.29) is 6.10 Å². The number of oxime groups is 1. The van der Waals surface area contributed by atoms with Crippen LogP contribution in [0.25, 0.3) is 0 Å². The van der Waals surface area contributed by atoms with Gasteiger partial charge >= 0.3 is 5.97 Å². The highest BCUT2D eigenvalue weighted by molar-refractivity contribution is 5.89. The molecule has 0 radical (unpaired) electrons. The first kappa shape index (κ1) is 6.07. The van der Waals surface area contributed by atoms with Gasteiger partial charge < -0.3 is 9.94 Å². The molecule has 0 aromatic carbocycles. The molecule has 0 fully saturated rings. The predicted octanol–water partition coefficient (Wildman–Crippen LogP) is 0.0917. The normalized spacial score (nSPS) is 32.1. The topological polar surface area (TPSA) is 58.9 Å². The molecule has 2 unspecified atom stereocenters. The molecule has 1 heterocycles. The number of nitrogens with zero attached hydrogens (tertiary/aromatic N) is 1. The van der Waals surface area contributed by atoms with Crippen molar-refractivity contribution in [3.63, 3.8) is 0 Å². The lowest BCUT2D eigenvalue weighted by Crippen LogP contribution is -2.23. The van der Waals surface area contributed by atoms with Crippen LogP contribution < -0.4 is 0 Å². The van der Waals surface area contributed by atoms with Crippen LogP contribution in [0.15, 0.2) is 5.16 Å². The van der Waals surface area contributed by atoms with Crippen LogP contribution in [-0.4, -0.2) is 23.4 Å². The van der Waals surface area contributed by atoms with Crippen molar-refractivity contribution >= 4 is 12.2 Å². The lowest BCUT2D eigenvalue weighted by Gasteiger charge is -2.04. The van der Waals surface area contributed by atoms with E-state index in [2.05, 4.69) is 9.99 Å². The SMILES string of the molecule is CC1ON=CC1C(=O)O. The molecule has 50 valence electrons. The Bertz CT molecular complexity index is 154. The van der Waals surface area contributed by atoms with E-state index in [1.54, 1.807) is 6.92 Å². The second-order valence-corrected chi connectivity index (χ2v) is 1.93. The standard InChI is InChI=1S/C5H7NO3/c1-3-4(5(7)8)2-6-9-3/h2-4H,1H3,(H,7,8). The van der Waals surface area contributed by atoms with E-state index in [0.717, 1.165) is 0 Å². The molecule has 0 spiro atoms. The number of carboxylic acid groups (broad SMARTS) is 1. The van der Waals surface area contributed by atoms with Crippen molar-refractivity contribution in [1.82, 2.24) is 0 Å². The van der Waals surface area contributed by atoms with Gasteiger partial charge in [0.1, 0.15) is 12.0 Å². The summed E-state index contributed by atoms with van der Waals surface area (Å²) in [6.07, 6.45) is 0.981. The maximum atomic E-state index is 10.2. The molecule has 0 aromatic rings. The fourth-order valence-corrected chi connectivity index (χ4v) is 0.648. The summed E-state index contributed by atoms with van der Waals surface area (Å²) in [7, 11) is 0. The van der Waals surface area contributed by atoms with E-state index in [1.165, 1.54) is 6.21 Å². The molecule has 0 amide bonds. The second-order valence-electron chi connectivity index (χ2n) is 1.93. The van der Waals surface area contributed by atoms with Gasteiger partial charge in [-0.25, -0.2) is 0 Å². The zero-order chi connectivity index (χ0) is 6.85. The van der Waals surface area contributed by atoms with Gasteiger partial charge in [-0.2, -0.15) is 0 Å². The summed E-state index contributed by atoms with van der Waals surface area (Å²) < 4.78 is 0. The molecule has 9 heavy (non-hydrogen) atoms. The Hall–Kier alpha value is -1.06. The average Bonchev–Trinajstić information content (AvgIpc) is 2.13. The fourth-order valence-electron chi connectivity index (χ4n) is 0.648. The van der Waals surface area contributed by atoms with E-state index in [9.17, 15) is 4.79 Å². The third-order valence-electron chi connectivity index (χ3n) is 1.24. The van der Waals surface area contributed by atoms with Crippen molar-refractivity contribution in [2.24, 2.45) is 11.1 Å². The number of aliphatic carboxylic acids is 1. The molecule has 0 saturated heterocycles. The monoisotopic (exact) mass is 129 g/mol. The van der Waals surface area contributed by atoms with Crippen molar-refractivity contribution in [3.05, 3.63) is 0 Å². The van der Waals surface area contributed by atoms with Gasteiger partial charge in [-0.05, 0) is 6.92 Å². The van der Waals surface area contributed by atoms with E-state index in [1.807, 2.05) is 0 Å². The number of carbonyl (C=O) groups is 1. The molecule has 0 bridgehead atoms. The largest absolute Gasteiger partial charge is 0.481 e. The molecule has 1 aliphatic heterocycles. The van der Waals surface area contributed by atoms with Gasteiger partial charge in [-0.15, -0.1) is 0 Å². The Kier molecular flexibility index (Phi) is 1.38. The molecule has 0 aromatic heterocycles. The maximum Gasteiger partial charge on any atom is 0.315 e. The quantitative estimate of drug-likeness (QED) is 0.545. The van der Waals surface area contributed by atoms with Crippen molar-refractivity contribution < 1.29 is 14.7 Å². The van der Waals surface area contributed by atoms with Gasteiger partial charge in [0, 0.05) is 0 Å². The van der Waals surface area contributed by atoms with Gasteiger partial charge in [0.05, 0.1) is 6.21 Å². The maximum absolute atomic E-state index is 10.2. The summed E-state index contributed by atoms with van der Waals surface area (Å²) in [6, 6.07) is 0. The highest BCUT2D eigenvalue weighted by atomic mass is 16.6. The Morgan fingerprint density at radius 3 is 2.78 bits per heavy atom. The lowest BCUT2D eigenvalue weighted by molar-refractivity contribution is -0.141. The van der Waals surface area contributed by atoms with Crippen LogP contribution in [-0.2, 0) is 9.63 Å². The van der Waals surface area contributed by atoms with Crippen molar-refractivity contribution in [1.29, 1.82) is 0 Å². The number of hydrogen-bond acceptors (Lipinski definition) is 3. The van der Waals surface area contributed by atoms with Crippen LogP contribution in [0.1, 0.15) is 6.92 Å². The average molecular weight is 129 g/mol. The Labute approximate surface area is 52.1 Å². The molecule has 1 aliphatic rings. The highest BCUT2D eigenvalue weighted by Gasteiger charge is 2.28. The molecule has 1 N–H and O–H groups in total. The Morgan fingerprint density at radius 2 is 2.56 bits per heavy atom. The number of carboxylic acids is 1. The Balaban J connectivity index is 2.59.